The number of hydrogen-bond acceptors (Lipinski definition) is 6. The Labute approximate surface area is 257 Å². The Morgan fingerprint density at radius 2 is 1.78 bits per heavy atom. The Balaban J connectivity index is 1.23. The Kier molecular flexibility index (Phi) is 8.22. The lowest BCUT2D eigenvalue weighted by molar-refractivity contribution is -0.116. The molecule has 0 bridgehead atoms. The molecule has 1 saturated carbocycles. The van der Waals surface area contributed by atoms with Crippen molar-refractivity contribution in [3.63, 3.8) is 0 Å². The first-order valence-electron chi connectivity index (χ1n) is 14.3. The lowest BCUT2D eigenvalue weighted by Gasteiger charge is -2.36. The third-order valence-corrected chi connectivity index (χ3v) is 10.5. The van der Waals surface area contributed by atoms with Gasteiger partial charge in [0.05, 0.1) is 29.8 Å². The summed E-state index contributed by atoms with van der Waals surface area (Å²) in [6.07, 6.45) is 5.39. The summed E-state index contributed by atoms with van der Waals surface area (Å²) in [5, 5.41) is 9.95. The van der Waals surface area contributed by atoms with Crippen LogP contribution in [0.5, 0.6) is 0 Å². The number of carbonyl (C=O) groups is 1. The number of halogens is 4. The van der Waals surface area contributed by atoms with E-state index in [9.17, 15) is 26.4 Å². The highest BCUT2D eigenvalue weighted by Crippen LogP contribution is 2.53. The number of nitrogens with one attached hydrogen (secondary N) is 2. The van der Waals surface area contributed by atoms with Crippen molar-refractivity contribution in [1.82, 2.24) is 24.4 Å². The van der Waals surface area contributed by atoms with Gasteiger partial charge < -0.3 is 10.6 Å². The van der Waals surface area contributed by atoms with Gasteiger partial charge in [0.2, 0.25) is 15.9 Å². The van der Waals surface area contributed by atoms with Crippen LogP contribution < -0.4 is 10.6 Å². The van der Waals surface area contributed by atoms with Crippen LogP contribution in [0.4, 0.5) is 23.2 Å². The third kappa shape index (κ3) is 6.22. The number of anilines is 1. The van der Waals surface area contributed by atoms with E-state index in [1.54, 1.807) is 7.05 Å². The predicted octanol–water partition coefficient (Wildman–Crippen LogP) is 4.13. The molecule has 1 aliphatic heterocycles. The smallest absolute Gasteiger partial charge is 0.246 e. The van der Waals surface area contributed by atoms with E-state index in [1.807, 2.05) is 0 Å². The molecule has 236 valence electrons. The first-order valence-corrected chi connectivity index (χ1v) is 15.8. The minimum absolute atomic E-state index is 0.0776. The minimum Gasteiger partial charge on any atom is -0.324 e. The summed E-state index contributed by atoms with van der Waals surface area (Å²) < 4.78 is 87.2. The van der Waals surface area contributed by atoms with E-state index < -0.39 is 50.7 Å². The number of aromatic nitrogens is 3. The van der Waals surface area contributed by atoms with Crippen LogP contribution in [0.25, 0.3) is 0 Å². The SMILES string of the molecule is Cn1cc(S(=O)(=O)N2CCNC[C@]23C[C@H]3Cc2c(F)cncc2NC(=O)C[C@@H](c2ccc(F)cc2)c2cc(F)cc(F)c2)cn1. The van der Waals surface area contributed by atoms with E-state index in [2.05, 4.69) is 20.7 Å². The maximum atomic E-state index is 15.3. The van der Waals surface area contributed by atoms with E-state index in [-0.39, 0.29) is 47.0 Å². The van der Waals surface area contributed by atoms with Gasteiger partial charge in [0.15, 0.2) is 0 Å². The van der Waals surface area contributed by atoms with Crippen molar-refractivity contribution >= 4 is 21.6 Å². The van der Waals surface area contributed by atoms with Crippen molar-refractivity contribution in [3.8, 4) is 0 Å². The van der Waals surface area contributed by atoms with Gasteiger partial charge in [-0.15, -0.1) is 0 Å². The monoisotopic (exact) mass is 642 g/mol. The molecule has 1 amide bonds. The molecule has 4 aromatic rings. The molecule has 6 rings (SSSR count). The van der Waals surface area contributed by atoms with Gasteiger partial charge in [-0.3, -0.25) is 14.5 Å². The van der Waals surface area contributed by atoms with Crippen molar-refractivity contribution in [1.29, 1.82) is 0 Å². The number of amides is 1. The fourth-order valence-electron chi connectivity index (χ4n) is 6.28. The van der Waals surface area contributed by atoms with Gasteiger partial charge in [0, 0.05) is 56.8 Å². The van der Waals surface area contributed by atoms with Gasteiger partial charge in [-0.05, 0) is 54.2 Å². The zero-order chi connectivity index (χ0) is 31.9. The summed E-state index contributed by atoms with van der Waals surface area (Å²) in [5.74, 6) is -4.52. The van der Waals surface area contributed by atoms with Gasteiger partial charge in [-0.25, -0.2) is 26.0 Å². The summed E-state index contributed by atoms with van der Waals surface area (Å²) in [5.41, 5.74) is 0.120. The van der Waals surface area contributed by atoms with Crippen molar-refractivity contribution in [2.75, 3.05) is 25.0 Å². The molecule has 2 fully saturated rings. The topological polar surface area (TPSA) is 109 Å². The van der Waals surface area contributed by atoms with E-state index in [0.29, 0.717) is 31.1 Å². The Bertz CT molecular complexity index is 1830. The minimum atomic E-state index is -3.87. The van der Waals surface area contributed by atoms with Crippen LogP contribution in [-0.2, 0) is 28.3 Å². The number of pyridine rings is 1. The van der Waals surface area contributed by atoms with Crippen molar-refractivity contribution in [3.05, 3.63) is 107 Å². The highest BCUT2D eigenvalue weighted by Gasteiger charge is 2.62. The zero-order valence-corrected chi connectivity index (χ0v) is 25.0. The molecule has 1 aliphatic carbocycles. The molecule has 0 unspecified atom stereocenters. The predicted molar refractivity (Wildman–Crippen MR) is 157 cm³/mol. The number of benzene rings is 2. The third-order valence-electron chi connectivity index (χ3n) is 8.57. The molecule has 1 spiro atoms. The Morgan fingerprint density at radius 3 is 2.47 bits per heavy atom. The summed E-state index contributed by atoms with van der Waals surface area (Å²) in [6, 6.07) is 8.17. The van der Waals surface area contributed by atoms with Crippen LogP contribution in [0.2, 0.25) is 0 Å². The summed E-state index contributed by atoms with van der Waals surface area (Å²) in [7, 11) is -2.24. The number of carbonyl (C=O) groups excluding carboxylic acids is 1. The first-order chi connectivity index (χ1) is 21.5. The van der Waals surface area contributed by atoms with E-state index >= 15 is 4.39 Å². The number of piperazine rings is 1. The van der Waals surface area contributed by atoms with Crippen LogP contribution >= 0.6 is 0 Å². The second-order valence-corrected chi connectivity index (χ2v) is 13.4. The number of rotatable bonds is 9. The Morgan fingerprint density at radius 1 is 1.04 bits per heavy atom. The lowest BCUT2D eigenvalue weighted by Crippen LogP contribution is -2.56. The summed E-state index contributed by atoms with van der Waals surface area (Å²) >= 11 is 0. The van der Waals surface area contributed by atoms with Crippen LogP contribution in [0, 0.1) is 29.2 Å². The molecule has 45 heavy (non-hydrogen) atoms. The zero-order valence-electron chi connectivity index (χ0n) is 24.2. The average Bonchev–Trinajstić information content (AvgIpc) is 3.44. The van der Waals surface area contributed by atoms with Gasteiger partial charge in [0.25, 0.3) is 0 Å². The molecule has 2 aromatic heterocycles. The van der Waals surface area contributed by atoms with Crippen molar-refractivity contribution < 1.29 is 30.8 Å². The number of hydrogen-bond donors (Lipinski definition) is 2. The number of sulfonamides is 1. The second-order valence-electron chi connectivity index (χ2n) is 11.5. The van der Waals surface area contributed by atoms with E-state index in [4.69, 9.17) is 0 Å². The molecular formula is C31H30F4N6O3S. The quantitative estimate of drug-likeness (QED) is 0.266. The fraction of sp³-hybridized carbons (Fsp3) is 0.323. The largest absolute Gasteiger partial charge is 0.324 e. The highest BCUT2D eigenvalue weighted by molar-refractivity contribution is 7.89. The highest BCUT2D eigenvalue weighted by atomic mass is 32.2. The van der Waals surface area contributed by atoms with Crippen LogP contribution in [-0.4, -0.2) is 58.6 Å². The maximum Gasteiger partial charge on any atom is 0.246 e. The lowest BCUT2D eigenvalue weighted by atomic mass is 9.88. The van der Waals surface area contributed by atoms with Gasteiger partial charge in [-0.1, -0.05) is 12.1 Å². The van der Waals surface area contributed by atoms with Gasteiger partial charge >= 0.3 is 0 Å². The molecule has 2 aromatic carbocycles. The molecule has 2 N–H and O–H groups in total. The summed E-state index contributed by atoms with van der Waals surface area (Å²) in [6.45, 7) is 1.08. The average molecular weight is 643 g/mol. The molecule has 9 nitrogen and oxygen atoms in total. The van der Waals surface area contributed by atoms with Crippen LogP contribution in [0.1, 0.15) is 35.4 Å². The molecule has 0 radical (unpaired) electrons. The standard InChI is InChI=1S/C31H30F4N6O3S/c1-40-17-25(14-38-40)45(43,44)41-7-6-36-18-31(41)13-21(31)10-27-28(35)15-37-16-29(27)39-30(42)12-26(19-2-4-22(32)5-3-19)20-8-23(33)11-24(34)9-20/h2-5,8-9,11,14-17,21,26,36H,6-7,10,12-13,18H2,1H3,(H,39,42)/t21-,26+,31+/m1/s1. The molecule has 2 aliphatic rings. The Hall–Kier alpha value is -4.14. The molecule has 1 saturated heterocycles. The second kappa shape index (κ2) is 12.0. The van der Waals surface area contributed by atoms with E-state index in [0.717, 1.165) is 18.3 Å². The van der Waals surface area contributed by atoms with Gasteiger partial charge in [0.1, 0.15) is 28.2 Å². The van der Waals surface area contributed by atoms with Crippen LogP contribution in [0.3, 0.4) is 0 Å². The molecule has 14 heteroatoms. The molecular weight excluding hydrogens is 612 g/mol. The number of nitrogens with zero attached hydrogens (tertiary/aromatic N) is 4. The van der Waals surface area contributed by atoms with Crippen molar-refractivity contribution in [2.24, 2.45) is 13.0 Å². The van der Waals surface area contributed by atoms with E-state index in [1.165, 1.54) is 51.8 Å². The fourth-order valence-corrected chi connectivity index (χ4v) is 8.10. The molecule has 3 heterocycles. The number of aryl methyl sites for hydroxylation is 1. The first kappa shape index (κ1) is 30.9. The van der Waals surface area contributed by atoms with Gasteiger partial charge in [-0.2, -0.15) is 9.40 Å². The van der Waals surface area contributed by atoms with Crippen LogP contribution in [0.15, 0.2) is 72.1 Å². The normalized spacial score (nSPS) is 20.7. The maximum absolute atomic E-state index is 15.3. The molecule has 3 atom stereocenters. The summed E-state index contributed by atoms with van der Waals surface area (Å²) in [4.78, 5) is 17.4. The van der Waals surface area contributed by atoms with Crippen molar-refractivity contribution in [2.45, 2.75) is 35.6 Å².